The molecule has 0 radical (unpaired) electrons. The van der Waals surface area contributed by atoms with Gasteiger partial charge < -0.3 is 15.2 Å². The van der Waals surface area contributed by atoms with Crippen LogP contribution in [-0.4, -0.2) is 7.11 Å². The molecule has 0 saturated carbocycles. The Morgan fingerprint density at radius 3 is 2.78 bits per heavy atom. The number of hydrogen-bond acceptors (Lipinski definition) is 4. The molecule has 0 spiro atoms. The summed E-state index contributed by atoms with van der Waals surface area (Å²) in [5.74, 6) is 1.60. The number of hydrogen-bond donors (Lipinski definition) is 1. The molecular weight excluding hydrogens is 314 g/mol. The lowest BCUT2D eigenvalue weighted by molar-refractivity contribution is 0.305. The number of benzene rings is 1. The van der Waals surface area contributed by atoms with E-state index in [9.17, 15) is 0 Å². The van der Waals surface area contributed by atoms with E-state index in [2.05, 4.69) is 22.0 Å². The van der Waals surface area contributed by atoms with Gasteiger partial charge in [-0.1, -0.05) is 0 Å². The van der Waals surface area contributed by atoms with Crippen molar-refractivity contribution in [3.63, 3.8) is 0 Å². The number of nitrogens with two attached hydrogens (primary N) is 1. The van der Waals surface area contributed by atoms with E-state index in [0.717, 1.165) is 21.5 Å². The van der Waals surface area contributed by atoms with Crippen molar-refractivity contribution >= 4 is 27.3 Å². The van der Waals surface area contributed by atoms with Crippen molar-refractivity contribution in [3.8, 4) is 11.5 Å². The summed E-state index contributed by atoms with van der Waals surface area (Å²) in [6.07, 6.45) is 0. The van der Waals surface area contributed by atoms with Crippen molar-refractivity contribution in [2.75, 3.05) is 7.11 Å². The van der Waals surface area contributed by atoms with E-state index < -0.39 is 0 Å². The fourth-order valence-corrected chi connectivity index (χ4v) is 2.92. The molecule has 0 bridgehead atoms. The molecule has 3 nitrogen and oxygen atoms in total. The van der Waals surface area contributed by atoms with Crippen LogP contribution in [0.25, 0.3) is 0 Å². The van der Waals surface area contributed by atoms with Crippen LogP contribution in [0.4, 0.5) is 0 Å². The Balaban J connectivity index is 2.08. The highest BCUT2D eigenvalue weighted by Crippen LogP contribution is 2.26. The second-order valence-corrected chi connectivity index (χ2v) is 5.61. The van der Waals surface area contributed by atoms with Crippen LogP contribution in [0.1, 0.15) is 10.4 Å². The van der Waals surface area contributed by atoms with Crippen molar-refractivity contribution in [3.05, 3.63) is 44.6 Å². The molecule has 0 aliphatic heterocycles. The molecule has 1 heterocycles. The minimum atomic E-state index is 0.431. The van der Waals surface area contributed by atoms with Gasteiger partial charge in [0, 0.05) is 26.8 Å². The average molecular weight is 328 g/mol. The van der Waals surface area contributed by atoms with E-state index in [1.807, 2.05) is 23.6 Å². The van der Waals surface area contributed by atoms with Gasteiger partial charge in [0.25, 0.3) is 0 Å². The predicted octanol–water partition coefficient (Wildman–Crippen LogP) is 3.56. The van der Waals surface area contributed by atoms with E-state index in [0.29, 0.717) is 13.2 Å². The first-order valence-corrected chi connectivity index (χ1v) is 7.13. The van der Waals surface area contributed by atoms with Gasteiger partial charge in [-0.2, -0.15) is 0 Å². The third kappa shape index (κ3) is 3.25. The Morgan fingerprint density at radius 1 is 1.33 bits per heavy atom. The lowest BCUT2D eigenvalue weighted by Crippen LogP contribution is -2.02. The van der Waals surface area contributed by atoms with Gasteiger partial charge in [-0.25, -0.2) is 0 Å². The van der Waals surface area contributed by atoms with Crippen LogP contribution >= 0.6 is 27.3 Å². The van der Waals surface area contributed by atoms with Crippen LogP contribution < -0.4 is 15.2 Å². The molecule has 0 atom stereocenters. The first kappa shape index (κ1) is 13.4. The standard InChI is InChI=1S/C13H14BrNO2S/c1-16-11-2-3-13(9(4-11)6-15)17-7-12-5-10(14)8-18-12/h2-5,8H,6-7,15H2,1H3. The van der Waals surface area contributed by atoms with E-state index in [-0.39, 0.29) is 0 Å². The smallest absolute Gasteiger partial charge is 0.124 e. The maximum Gasteiger partial charge on any atom is 0.124 e. The van der Waals surface area contributed by atoms with Crippen molar-refractivity contribution in [2.45, 2.75) is 13.2 Å². The highest BCUT2D eigenvalue weighted by Gasteiger charge is 2.05. The van der Waals surface area contributed by atoms with Crippen LogP contribution in [0, 0.1) is 0 Å². The van der Waals surface area contributed by atoms with E-state index in [1.165, 1.54) is 4.88 Å². The minimum absolute atomic E-state index is 0.431. The fraction of sp³-hybridized carbons (Fsp3) is 0.231. The molecule has 1 aromatic carbocycles. The molecule has 0 saturated heterocycles. The molecule has 2 aromatic rings. The molecule has 0 aliphatic carbocycles. The zero-order valence-corrected chi connectivity index (χ0v) is 12.4. The molecule has 0 amide bonds. The Labute approximate surface area is 119 Å². The van der Waals surface area contributed by atoms with Gasteiger partial charge in [-0.3, -0.25) is 0 Å². The molecule has 2 N–H and O–H groups in total. The highest BCUT2D eigenvalue weighted by molar-refractivity contribution is 9.10. The normalized spacial score (nSPS) is 10.4. The predicted molar refractivity (Wildman–Crippen MR) is 77.2 cm³/mol. The quantitative estimate of drug-likeness (QED) is 0.913. The maximum absolute atomic E-state index is 5.78. The van der Waals surface area contributed by atoms with Gasteiger partial charge in [0.15, 0.2) is 0 Å². The lowest BCUT2D eigenvalue weighted by atomic mass is 10.2. The summed E-state index contributed by atoms with van der Waals surface area (Å²) in [6.45, 7) is 0.982. The summed E-state index contributed by atoms with van der Waals surface area (Å²) in [4.78, 5) is 1.17. The summed E-state index contributed by atoms with van der Waals surface area (Å²) in [5, 5.41) is 2.04. The first-order valence-electron chi connectivity index (χ1n) is 5.45. The van der Waals surface area contributed by atoms with Gasteiger partial charge in [0.05, 0.1) is 7.11 Å². The molecule has 1 aromatic heterocycles. The molecule has 96 valence electrons. The summed E-state index contributed by atoms with van der Waals surface area (Å²) in [7, 11) is 1.64. The second kappa shape index (κ2) is 6.22. The summed E-state index contributed by atoms with van der Waals surface area (Å²) in [5.41, 5.74) is 6.66. The van der Waals surface area contributed by atoms with Gasteiger partial charge in [0.2, 0.25) is 0 Å². The van der Waals surface area contributed by atoms with Crippen molar-refractivity contribution < 1.29 is 9.47 Å². The minimum Gasteiger partial charge on any atom is -0.497 e. The van der Waals surface area contributed by atoms with E-state index in [4.69, 9.17) is 15.2 Å². The molecule has 0 aliphatic rings. The van der Waals surface area contributed by atoms with Crippen LogP contribution in [0.5, 0.6) is 11.5 Å². The Morgan fingerprint density at radius 2 is 2.17 bits per heavy atom. The summed E-state index contributed by atoms with van der Waals surface area (Å²) < 4.78 is 12.0. The number of methoxy groups -OCH3 is 1. The maximum atomic E-state index is 5.78. The number of rotatable bonds is 5. The molecule has 5 heteroatoms. The fourth-order valence-electron chi connectivity index (χ4n) is 1.56. The Kier molecular flexibility index (Phi) is 4.63. The SMILES string of the molecule is COc1ccc(OCc2cc(Br)cs2)c(CN)c1. The first-order chi connectivity index (χ1) is 8.72. The summed E-state index contributed by atoms with van der Waals surface area (Å²) >= 11 is 5.09. The second-order valence-electron chi connectivity index (χ2n) is 3.70. The topological polar surface area (TPSA) is 44.5 Å². The zero-order chi connectivity index (χ0) is 13.0. The van der Waals surface area contributed by atoms with Gasteiger partial charge in [-0.05, 0) is 40.2 Å². The van der Waals surface area contributed by atoms with Crippen LogP contribution in [0.15, 0.2) is 34.1 Å². The number of ether oxygens (including phenoxy) is 2. The largest absolute Gasteiger partial charge is 0.497 e. The third-order valence-electron chi connectivity index (χ3n) is 2.48. The van der Waals surface area contributed by atoms with E-state index >= 15 is 0 Å². The highest BCUT2D eigenvalue weighted by atomic mass is 79.9. The van der Waals surface area contributed by atoms with Crippen LogP contribution in [0.3, 0.4) is 0 Å². The number of thiophene rings is 1. The van der Waals surface area contributed by atoms with Crippen LogP contribution in [-0.2, 0) is 13.2 Å². The molecule has 18 heavy (non-hydrogen) atoms. The Hall–Kier alpha value is -1.04. The van der Waals surface area contributed by atoms with Gasteiger partial charge in [-0.15, -0.1) is 11.3 Å². The van der Waals surface area contributed by atoms with Crippen molar-refractivity contribution in [1.29, 1.82) is 0 Å². The van der Waals surface area contributed by atoms with Crippen molar-refractivity contribution in [1.82, 2.24) is 0 Å². The van der Waals surface area contributed by atoms with Crippen molar-refractivity contribution in [2.24, 2.45) is 5.73 Å². The van der Waals surface area contributed by atoms with E-state index in [1.54, 1.807) is 18.4 Å². The Bertz CT molecular complexity index is 527. The molecule has 2 rings (SSSR count). The molecule has 0 unspecified atom stereocenters. The third-order valence-corrected chi connectivity index (χ3v) is 4.15. The number of halogens is 1. The zero-order valence-electron chi connectivity index (χ0n) is 9.98. The van der Waals surface area contributed by atoms with Gasteiger partial charge >= 0.3 is 0 Å². The molecular formula is C13H14BrNO2S. The molecule has 0 fully saturated rings. The lowest BCUT2D eigenvalue weighted by Gasteiger charge is -2.11. The van der Waals surface area contributed by atoms with Gasteiger partial charge in [0.1, 0.15) is 18.1 Å². The van der Waals surface area contributed by atoms with Crippen LogP contribution in [0.2, 0.25) is 0 Å². The monoisotopic (exact) mass is 327 g/mol. The summed E-state index contributed by atoms with van der Waals surface area (Å²) in [6, 6.07) is 7.72. The average Bonchev–Trinajstić information content (AvgIpc) is 2.82.